The lowest BCUT2D eigenvalue weighted by Crippen LogP contribution is -2.34. The molecular weight excluding hydrogens is 414 g/mol. The Morgan fingerprint density at radius 2 is 1.42 bits per heavy atom. The summed E-state index contributed by atoms with van der Waals surface area (Å²) in [5.74, 6) is 1.82. The van der Waals surface area contributed by atoms with E-state index in [4.69, 9.17) is 14.2 Å². The molecule has 0 spiro atoms. The summed E-state index contributed by atoms with van der Waals surface area (Å²) in [6, 6.07) is 29.5. The number of methoxy groups -OCH3 is 2. The topological polar surface area (TPSA) is 48.0 Å². The van der Waals surface area contributed by atoms with Crippen molar-refractivity contribution in [3.8, 4) is 17.2 Å². The molecule has 0 heterocycles. The molecule has 0 atom stereocenters. The third kappa shape index (κ3) is 5.44. The van der Waals surface area contributed by atoms with E-state index >= 15 is 0 Å². The highest BCUT2D eigenvalue weighted by Crippen LogP contribution is 2.26. The average Bonchev–Trinajstić information content (AvgIpc) is 2.87. The van der Waals surface area contributed by atoms with Gasteiger partial charge in [0.15, 0.2) is 18.1 Å². The van der Waals surface area contributed by atoms with Gasteiger partial charge in [-0.1, -0.05) is 66.7 Å². The molecule has 0 N–H and O–H groups in total. The van der Waals surface area contributed by atoms with Crippen molar-refractivity contribution >= 4 is 16.7 Å². The van der Waals surface area contributed by atoms with E-state index in [1.807, 2.05) is 65.6 Å². The Labute approximate surface area is 194 Å². The van der Waals surface area contributed by atoms with Gasteiger partial charge in [0.25, 0.3) is 5.91 Å². The van der Waals surface area contributed by atoms with Gasteiger partial charge in [-0.3, -0.25) is 4.79 Å². The molecule has 4 rings (SSSR count). The first-order valence-electron chi connectivity index (χ1n) is 10.8. The van der Waals surface area contributed by atoms with Gasteiger partial charge in [0.2, 0.25) is 0 Å². The van der Waals surface area contributed by atoms with Crippen LogP contribution in [0.1, 0.15) is 11.1 Å². The molecule has 0 saturated heterocycles. The van der Waals surface area contributed by atoms with Gasteiger partial charge in [0, 0.05) is 13.1 Å². The van der Waals surface area contributed by atoms with Crippen molar-refractivity contribution in [3.05, 3.63) is 102 Å². The van der Waals surface area contributed by atoms with E-state index in [0.29, 0.717) is 24.6 Å². The zero-order valence-electron chi connectivity index (χ0n) is 18.9. The first kappa shape index (κ1) is 22.2. The van der Waals surface area contributed by atoms with Gasteiger partial charge in [0.1, 0.15) is 5.75 Å². The van der Waals surface area contributed by atoms with E-state index in [2.05, 4.69) is 24.3 Å². The molecule has 33 heavy (non-hydrogen) atoms. The zero-order valence-corrected chi connectivity index (χ0v) is 18.9. The van der Waals surface area contributed by atoms with Gasteiger partial charge >= 0.3 is 0 Å². The van der Waals surface area contributed by atoms with E-state index in [1.54, 1.807) is 20.3 Å². The highest BCUT2D eigenvalue weighted by Gasteiger charge is 2.18. The normalized spacial score (nSPS) is 10.6. The van der Waals surface area contributed by atoms with Gasteiger partial charge in [0.05, 0.1) is 14.2 Å². The van der Waals surface area contributed by atoms with Crippen LogP contribution in [0.2, 0.25) is 0 Å². The number of benzene rings is 4. The average molecular weight is 442 g/mol. The molecule has 168 valence electrons. The maximum atomic E-state index is 13.3. The second kappa shape index (κ2) is 10.6. The molecule has 0 unspecified atom stereocenters. The third-order valence-corrected chi connectivity index (χ3v) is 5.55. The van der Waals surface area contributed by atoms with Crippen LogP contribution in [0.3, 0.4) is 0 Å². The van der Waals surface area contributed by atoms with Crippen LogP contribution in [0, 0.1) is 0 Å². The zero-order chi connectivity index (χ0) is 23.0. The Morgan fingerprint density at radius 1 is 0.727 bits per heavy atom. The Hall–Kier alpha value is -3.99. The Balaban J connectivity index is 1.57. The van der Waals surface area contributed by atoms with Crippen molar-refractivity contribution in [2.75, 3.05) is 20.8 Å². The van der Waals surface area contributed by atoms with E-state index < -0.39 is 0 Å². The summed E-state index contributed by atoms with van der Waals surface area (Å²) in [7, 11) is 3.22. The molecule has 0 radical (unpaired) electrons. The van der Waals surface area contributed by atoms with Gasteiger partial charge in [-0.15, -0.1) is 0 Å². The highest BCUT2D eigenvalue weighted by atomic mass is 16.5. The molecule has 0 aliphatic carbocycles. The minimum atomic E-state index is -0.107. The van der Waals surface area contributed by atoms with Crippen LogP contribution in [0.5, 0.6) is 17.2 Å². The second-order valence-electron chi connectivity index (χ2n) is 7.68. The van der Waals surface area contributed by atoms with Crippen LogP contribution in [-0.4, -0.2) is 31.6 Å². The lowest BCUT2D eigenvalue weighted by molar-refractivity contribution is -0.134. The van der Waals surface area contributed by atoms with Crippen LogP contribution < -0.4 is 14.2 Å². The van der Waals surface area contributed by atoms with Crippen molar-refractivity contribution in [3.63, 3.8) is 0 Å². The predicted octanol–water partition coefficient (Wildman–Crippen LogP) is 5.46. The summed E-state index contributed by atoms with van der Waals surface area (Å²) in [5, 5.41) is 2.29. The maximum absolute atomic E-state index is 13.3. The highest BCUT2D eigenvalue weighted by molar-refractivity contribution is 5.86. The summed E-state index contributed by atoms with van der Waals surface area (Å²) < 4.78 is 16.4. The van der Waals surface area contributed by atoms with E-state index in [9.17, 15) is 4.79 Å². The summed E-state index contributed by atoms with van der Waals surface area (Å²) in [5.41, 5.74) is 2.11. The standard InChI is InChI=1S/C28H27NO4/c1-31-24-16-14-21(15-17-24)18-29(19-23-10-7-9-22-8-3-4-11-25(22)23)28(30)20-33-27-13-6-5-12-26(27)32-2/h3-17H,18-20H2,1-2H3. The van der Waals surface area contributed by atoms with E-state index in [0.717, 1.165) is 27.6 Å². The van der Waals surface area contributed by atoms with Crippen LogP contribution >= 0.6 is 0 Å². The Bertz CT molecular complexity index is 1210. The molecule has 5 nitrogen and oxygen atoms in total. The monoisotopic (exact) mass is 441 g/mol. The van der Waals surface area contributed by atoms with E-state index in [1.165, 1.54) is 0 Å². The van der Waals surface area contributed by atoms with Crippen molar-refractivity contribution in [2.45, 2.75) is 13.1 Å². The van der Waals surface area contributed by atoms with Gasteiger partial charge in [-0.25, -0.2) is 0 Å². The maximum Gasteiger partial charge on any atom is 0.261 e. The van der Waals surface area contributed by atoms with Gasteiger partial charge in [-0.05, 0) is 46.2 Å². The number of amides is 1. The van der Waals surface area contributed by atoms with Crippen LogP contribution in [0.4, 0.5) is 0 Å². The number of hydrogen-bond acceptors (Lipinski definition) is 4. The summed E-state index contributed by atoms with van der Waals surface area (Å²) >= 11 is 0. The van der Waals surface area contributed by atoms with Crippen LogP contribution in [0.15, 0.2) is 91.0 Å². The first-order chi connectivity index (χ1) is 16.2. The first-order valence-corrected chi connectivity index (χ1v) is 10.8. The molecule has 4 aromatic carbocycles. The van der Waals surface area contributed by atoms with Crippen LogP contribution in [0.25, 0.3) is 10.8 Å². The fourth-order valence-electron chi connectivity index (χ4n) is 3.79. The van der Waals surface area contributed by atoms with Crippen molar-refractivity contribution in [1.29, 1.82) is 0 Å². The van der Waals surface area contributed by atoms with Crippen LogP contribution in [-0.2, 0) is 17.9 Å². The lowest BCUT2D eigenvalue weighted by Gasteiger charge is -2.24. The molecule has 0 saturated carbocycles. The molecule has 0 aliphatic heterocycles. The summed E-state index contributed by atoms with van der Waals surface area (Å²) in [6.07, 6.45) is 0. The predicted molar refractivity (Wildman–Crippen MR) is 130 cm³/mol. The Morgan fingerprint density at radius 3 is 2.18 bits per heavy atom. The third-order valence-electron chi connectivity index (χ3n) is 5.55. The molecule has 4 aromatic rings. The largest absolute Gasteiger partial charge is 0.497 e. The number of rotatable bonds is 9. The van der Waals surface area contributed by atoms with Crippen molar-refractivity contribution in [1.82, 2.24) is 4.90 Å². The van der Waals surface area contributed by atoms with Gasteiger partial charge < -0.3 is 19.1 Å². The molecule has 0 fully saturated rings. The number of fused-ring (bicyclic) bond motifs is 1. The summed E-state index contributed by atoms with van der Waals surface area (Å²) in [4.78, 5) is 15.1. The molecular formula is C28H27NO4. The molecule has 0 aromatic heterocycles. The fraction of sp³-hybridized carbons (Fsp3) is 0.179. The number of nitrogens with zero attached hydrogens (tertiary/aromatic N) is 1. The van der Waals surface area contributed by atoms with Gasteiger partial charge in [-0.2, -0.15) is 0 Å². The second-order valence-corrected chi connectivity index (χ2v) is 7.68. The molecule has 1 amide bonds. The SMILES string of the molecule is COc1ccc(CN(Cc2cccc3ccccc23)C(=O)COc2ccccc2OC)cc1. The smallest absolute Gasteiger partial charge is 0.261 e. The van der Waals surface area contributed by atoms with E-state index in [-0.39, 0.29) is 12.5 Å². The molecule has 0 aliphatic rings. The van der Waals surface area contributed by atoms with Crippen molar-refractivity contribution < 1.29 is 19.0 Å². The quantitative estimate of drug-likeness (QED) is 0.346. The number of ether oxygens (including phenoxy) is 3. The number of carbonyl (C=O) groups is 1. The van der Waals surface area contributed by atoms with Crippen molar-refractivity contribution in [2.24, 2.45) is 0 Å². The molecule has 0 bridgehead atoms. The lowest BCUT2D eigenvalue weighted by atomic mass is 10.0. The fourth-order valence-corrected chi connectivity index (χ4v) is 3.79. The number of hydrogen-bond donors (Lipinski definition) is 0. The Kier molecular flexibility index (Phi) is 7.10. The summed E-state index contributed by atoms with van der Waals surface area (Å²) in [6.45, 7) is 0.851. The minimum absolute atomic E-state index is 0.0820. The number of para-hydroxylation sites is 2. The molecule has 5 heteroatoms. The minimum Gasteiger partial charge on any atom is -0.497 e. The number of carbonyl (C=O) groups excluding carboxylic acids is 1.